The standard InChI is InChI=1S/C12H14BrClO/c13-7-12(15-8-9-4-5-9)10-2-1-3-11(14)6-10/h1-3,6,9,12H,4-5,7-8H2. The lowest BCUT2D eigenvalue weighted by Crippen LogP contribution is -2.07. The Balaban J connectivity index is 1.97. The second-order valence-electron chi connectivity index (χ2n) is 3.97. The first-order valence-corrected chi connectivity index (χ1v) is 6.72. The maximum absolute atomic E-state index is 5.95. The first kappa shape index (κ1) is 11.4. The van der Waals surface area contributed by atoms with Gasteiger partial charge in [-0.15, -0.1) is 0 Å². The molecule has 0 heterocycles. The molecule has 0 aromatic heterocycles. The summed E-state index contributed by atoms with van der Waals surface area (Å²) in [5.74, 6) is 0.797. The van der Waals surface area contributed by atoms with Gasteiger partial charge in [0.1, 0.15) is 0 Å². The number of alkyl halides is 1. The molecule has 0 saturated heterocycles. The van der Waals surface area contributed by atoms with Crippen molar-refractivity contribution in [3.05, 3.63) is 34.9 Å². The molecule has 0 aliphatic heterocycles. The van der Waals surface area contributed by atoms with Crippen molar-refractivity contribution in [2.45, 2.75) is 18.9 Å². The smallest absolute Gasteiger partial charge is 0.0922 e. The zero-order valence-corrected chi connectivity index (χ0v) is 10.8. The minimum atomic E-state index is 0.129. The van der Waals surface area contributed by atoms with Gasteiger partial charge in [0.2, 0.25) is 0 Å². The van der Waals surface area contributed by atoms with Crippen LogP contribution >= 0.6 is 27.5 Å². The fourth-order valence-corrected chi connectivity index (χ4v) is 2.23. The van der Waals surface area contributed by atoms with Gasteiger partial charge < -0.3 is 4.74 Å². The van der Waals surface area contributed by atoms with Gasteiger partial charge in [-0.3, -0.25) is 0 Å². The van der Waals surface area contributed by atoms with E-state index in [-0.39, 0.29) is 6.10 Å². The summed E-state index contributed by atoms with van der Waals surface area (Å²) in [6, 6.07) is 7.89. The van der Waals surface area contributed by atoms with Gasteiger partial charge in [-0.25, -0.2) is 0 Å². The van der Waals surface area contributed by atoms with Gasteiger partial charge in [-0.05, 0) is 36.5 Å². The normalized spacial score (nSPS) is 17.7. The molecule has 1 nitrogen and oxygen atoms in total. The molecule has 15 heavy (non-hydrogen) atoms. The van der Waals surface area contributed by atoms with E-state index < -0.39 is 0 Å². The Kier molecular flexibility index (Phi) is 4.06. The van der Waals surface area contributed by atoms with E-state index in [2.05, 4.69) is 22.0 Å². The summed E-state index contributed by atoms with van der Waals surface area (Å²) in [7, 11) is 0. The highest BCUT2D eigenvalue weighted by Crippen LogP contribution is 2.31. The molecular formula is C12H14BrClO. The first-order valence-electron chi connectivity index (χ1n) is 5.22. The lowest BCUT2D eigenvalue weighted by atomic mass is 10.1. The molecule has 1 aliphatic rings. The molecule has 0 amide bonds. The maximum atomic E-state index is 5.95. The van der Waals surface area contributed by atoms with Crippen LogP contribution in [0.15, 0.2) is 24.3 Å². The lowest BCUT2D eigenvalue weighted by Gasteiger charge is -2.15. The maximum Gasteiger partial charge on any atom is 0.0922 e. The van der Waals surface area contributed by atoms with E-state index in [4.69, 9.17) is 16.3 Å². The highest BCUT2D eigenvalue weighted by Gasteiger charge is 2.23. The predicted molar refractivity (Wildman–Crippen MR) is 66.7 cm³/mol. The van der Waals surface area contributed by atoms with Gasteiger partial charge in [0.25, 0.3) is 0 Å². The molecule has 1 aromatic rings. The third kappa shape index (κ3) is 3.47. The number of rotatable bonds is 5. The van der Waals surface area contributed by atoms with Crippen LogP contribution in [0, 0.1) is 5.92 Å². The number of ether oxygens (including phenoxy) is 1. The summed E-state index contributed by atoms with van der Waals surface area (Å²) in [6.07, 6.45) is 2.78. The van der Waals surface area contributed by atoms with Gasteiger partial charge in [-0.2, -0.15) is 0 Å². The first-order chi connectivity index (χ1) is 7.29. The molecule has 1 unspecified atom stereocenters. The van der Waals surface area contributed by atoms with Gasteiger partial charge >= 0.3 is 0 Å². The summed E-state index contributed by atoms with van der Waals surface area (Å²) in [5.41, 5.74) is 1.15. The molecule has 0 radical (unpaired) electrons. The van der Waals surface area contributed by atoms with Crippen molar-refractivity contribution in [1.82, 2.24) is 0 Å². The molecule has 82 valence electrons. The van der Waals surface area contributed by atoms with Crippen molar-refractivity contribution in [2.24, 2.45) is 5.92 Å². The largest absolute Gasteiger partial charge is 0.372 e. The summed E-state index contributed by atoms with van der Waals surface area (Å²) in [4.78, 5) is 0. The third-order valence-electron chi connectivity index (χ3n) is 2.59. The van der Waals surface area contributed by atoms with Crippen LogP contribution in [-0.4, -0.2) is 11.9 Å². The molecule has 1 saturated carbocycles. The number of hydrogen-bond donors (Lipinski definition) is 0. The Labute approximate surface area is 104 Å². The Hall–Kier alpha value is -0.0500. The summed E-state index contributed by atoms with van der Waals surface area (Å²) >= 11 is 9.43. The number of halogens is 2. The van der Waals surface area contributed by atoms with Gasteiger partial charge in [0.15, 0.2) is 0 Å². The van der Waals surface area contributed by atoms with E-state index in [1.165, 1.54) is 12.8 Å². The van der Waals surface area contributed by atoms with Crippen molar-refractivity contribution >= 4 is 27.5 Å². The minimum absolute atomic E-state index is 0.129. The second-order valence-corrected chi connectivity index (χ2v) is 5.06. The fourth-order valence-electron chi connectivity index (χ4n) is 1.47. The molecule has 1 aromatic carbocycles. The summed E-state index contributed by atoms with van der Waals surface area (Å²) in [6.45, 7) is 0.878. The average Bonchev–Trinajstić information content (AvgIpc) is 3.03. The summed E-state index contributed by atoms with van der Waals surface area (Å²) in [5, 5.41) is 1.59. The molecule has 1 atom stereocenters. The monoisotopic (exact) mass is 288 g/mol. The van der Waals surface area contributed by atoms with Crippen LogP contribution in [0.4, 0.5) is 0 Å². The number of hydrogen-bond acceptors (Lipinski definition) is 1. The van der Waals surface area contributed by atoms with E-state index in [1.54, 1.807) is 0 Å². The molecule has 0 spiro atoms. The Bertz CT molecular complexity index is 325. The van der Waals surface area contributed by atoms with Crippen LogP contribution in [-0.2, 0) is 4.74 Å². The highest BCUT2D eigenvalue weighted by atomic mass is 79.9. The van der Waals surface area contributed by atoms with Gasteiger partial charge in [0, 0.05) is 10.4 Å². The van der Waals surface area contributed by atoms with Crippen LogP contribution in [0.1, 0.15) is 24.5 Å². The van der Waals surface area contributed by atoms with Crippen LogP contribution in [0.25, 0.3) is 0 Å². The van der Waals surface area contributed by atoms with E-state index in [1.807, 2.05) is 18.2 Å². The Morgan fingerprint density at radius 2 is 2.27 bits per heavy atom. The molecule has 0 N–H and O–H groups in total. The van der Waals surface area contributed by atoms with E-state index in [9.17, 15) is 0 Å². The zero-order valence-electron chi connectivity index (χ0n) is 8.46. The van der Waals surface area contributed by atoms with Crippen molar-refractivity contribution < 1.29 is 4.74 Å². The molecular weight excluding hydrogens is 275 g/mol. The van der Waals surface area contributed by atoms with Crippen molar-refractivity contribution in [3.63, 3.8) is 0 Å². The average molecular weight is 290 g/mol. The van der Waals surface area contributed by atoms with E-state index in [0.717, 1.165) is 28.4 Å². The molecule has 2 rings (SSSR count). The zero-order chi connectivity index (χ0) is 10.7. The molecule has 3 heteroatoms. The predicted octanol–water partition coefficient (Wildman–Crippen LogP) is 4.20. The topological polar surface area (TPSA) is 9.23 Å². The van der Waals surface area contributed by atoms with Gasteiger partial charge in [-0.1, -0.05) is 39.7 Å². The van der Waals surface area contributed by atoms with Crippen LogP contribution in [0.2, 0.25) is 5.02 Å². The van der Waals surface area contributed by atoms with Crippen LogP contribution in [0.5, 0.6) is 0 Å². The quantitative estimate of drug-likeness (QED) is 0.738. The highest BCUT2D eigenvalue weighted by molar-refractivity contribution is 9.09. The summed E-state index contributed by atoms with van der Waals surface area (Å²) < 4.78 is 5.85. The Morgan fingerprint density at radius 1 is 1.47 bits per heavy atom. The Morgan fingerprint density at radius 3 is 2.87 bits per heavy atom. The van der Waals surface area contributed by atoms with Crippen molar-refractivity contribution in [1.29, 1.82) is 0 Å². The second kappa shape index (κ2) is 5.33. The van der Waals surface area contributed by atoms with Crippen molar-refractivity contribution in [3.8, 4) is 0 Å². The minimum Gasteiger partial charge on any atom is -0.372 e. The van der Waals surface area contributed by atoms with Crippen molar-refractivity contribution in [2.75, 3.05) is 11.9 Å². The lowest BCUT2D eigenvalue weighted by molar-refractivity contribution is 0.0619. The van der Waals surface area contributed by atoms with Gasteiger partial charge in [0.05, 0.1) is 12.7 Å². The molecule has 1 aliphatic carbocycles. The van der Waals surface area contributed by atoms with E-state index in [0.29, 0.717) is 0 Å². The number of benzene rings is 1. The fraction of sp³-hybridized carbons (Fsp3) is 0.500. The molecule has 1 fully saturated rings. The van der Waals surface area contributed by atoms with Crippen LogP contribution < -0.4 is 0 Å². The molecule has 0 bridgehead atoms. The van der Waals surface area contributed by atoms with Crippen LogP contribution in [0.3, 0.4) is 0 Å². The SMILES string of the molecule is Clc1cccc(C(CBr)OCC2CC2)c1. The van der Waals surface area contributed by atoms with E-state index >= 15 is 0 Å². The third-order valence-corrected chi connectivity index (χ3v) is 3.41.